The van der Waals surface area contributed by atoms with Crippen molar-refractivity contribution in [2.45, 2.75) is 174 Å². The molecule has 0 unspecified atom stereocenters. The van der Waals surface area contributed by atoms with Gasteiger partial charge in [0.2, 0.25) is 5.91 Å². The molecule has 0 spiro atoms. The van der Waals surface area contributed by atoms with Gasteiger partial charge in [-0.05, 0) is 67.7 Å². The topological polar surface area (TPSA) is 87.9 Å². The quantitative estimate of drug-likeness (QED) is 0.0601. The maximum absolute atomic E-state index is 12.8. The summed E-state index contributed by atoms with van der Waals surface area (Å²) in [5, 5.41) is 0.187. The number of hydrogen-bond donors (Lipinski definition) is 1. The summed E-state index contributed by atoms with van der Waals surface area (Å²) in [6, 6.07) is 0. The molecule has 1 aliphatic rings. The average molecular weight is 670 g/mol. The van der Waals surface area contributed by atoms with Crippen molar-refractivity contribution in [1.82, 2.24) is 0 Å². The molecule has 0 aliphatic heterocycles. The van der Waals surface area contributed by atoms with Crippen LogP contribution in [0.2, 0.25) is 36.3 Å². The third-order valence-electron chi connectivity index (χ3n) is 9.51. The third kappa shape index (κ3) is 13.9. The number of rotatable bonds is 20. The van der Waals surface area contributed by atoms with Gasteiger partial charge < -0.3 is 19.3 Å². The molecule has 0 aromatic rings. The number of thioether (sulfide) groups is 1. The number of hydrogen-bond acceptors (Lipinski definition) is 6. The van der Waals surface area contributed by atoms with Crippen LogP contribution >= 0.6 is 11.8 Å². The molecule has 0 fully saturated rings. The van der Waals surface area contributed by atoms with Crippen LogP contribution in [0.15, 0.2) is 22.8 Å². The second-order valence-electron chi connectivity index (χ2n) is 15.6. The van der Waals surface area contributed by atoms with Gasteiger partial charge in [-0.1, -0.05) is 93.2 Å². The molecule has 0 radical (unpaired) electrons. The molecule has 1 rings (SSSR count). The van der Waals surface area contributed by atoms with Gasteiger partial charge in [-0.2, -0.15) is 0 Å². The summed E-state index contributed by atoms with van der Waals surface area (Å²) >= 11 is 1.79. The van der Waals surface area contributed by atoms with Gasteiger partial charge in [0.15, 0.2) is 16.6 Å². The van der Waals surface area contributed by atoms with Crippen LogP contribution in [0.5, 0.6) is 0 Å². The zero-order valence-electron chi connectivity index (χ0n) is 30.4. The minimum absolute atomic E-state index is 0.000798. The Morgan fingerprint density at radius 1 is 0.909 bits per heavy atom. The number of amides is 1. The Kier molecular flexibility index (Phi) is 17.3. The molecule has 1 aliphatic carbocycles. The number of primary amides is 1. The Morgan fingerprint density at radius 2 is 1.55 bits per heavy atom. The van der Waals surface area contributed by atoms with Gasteiger partial charge in [0.1, 0.15) is 5.76 Å². The number of nitrogens with two attached hydrogens (primary N) is 1. The average Bonchev–Trinajstić information content (AvgIpc) is 3.17. The monoisotopic (exact) mass is 669 g/mol. The second-order valence-corrected chi connectivity index (χ2v) is 26.2. The van der Waals surface area contributed by atoms with E-state index in [1.807, 2.05) is 6.92 Å². The highest BCUT2D eigenvalue weighted by molar-refractivity contribution is 8.03. The Hall–Kier alpha value is -0.876. The summed E-state index contributed by atoms with van der Waals surface area (Å²) in [6.07, 6.45) is 14.0. The second kappa shape index (κ2) is 18.5. The lowest BCUT2D eigenvalue weighted by Gasteiger charge is -2.40. The number of unbranched alkanes of at least 4 members (excludes halogenated alkanes) is 4. The van der Waals surface area contributed by atoms with Crippen molar-refractivity contribution in [3.8, 4) is 0 Å². The van der Waals surface area contributed by atoms with Crippen molar-refractivity contribution in [2.24, 2.45) is 11.7 Å². The lowest BCUT2D eigenvalue weighted by atomic mass is 10.0. The van der Waals surface area contributed by atoms with E-state index in [1.54, 1.807) is 11.8 Å². The molecular weight excluding hydrogens is 603 g/mol. The lowest BCUT2D eigenvalue weighted by Crippen LogP contribution is -2.45. The third-order valence-corrected chi connectivity index (χ3v) is 19.8. The van der Waals surface area contributed by atoms with E-state index in [-0.39, 0.29) is 40.1 Å². The van der Waals surface area contributed by atoms with Crippen molar-refractivity contribution in [2.75, 3.05) is 5.75 Å². The molecule has 0 heterocycles. The molecule has 2 N–H and O–H groups in total. The van der Waals surface area contributed by atoms with E-state index in [9.17, 15) is 9.59 Å². The smallest absolute Gasteiger partial charge is 0.310 e. The van der Waals surface area contributed by atoms with Crippen molar-refractivity contribution in [3.05, 3.63) is 22.8 Å². The summed E-state index contributed by atoms with van der Waals surface area (Å²) in [4.78, 5) is 25.1. The van der Waals surface area contributed by atoms with E-state index >= 15 is 0 Å². The van der Waals surface area contributed by atoms with E-state index < -0.39 is 16.6 Å². The lowest BCUT2D eigenvalue weighted by molar-refractivity contribution is -0.139. The molecule has 0 aromatic carbocycles. The molecule has 9 heteroatoms. The fraction of sp³-hybridized carbons (Fsp3) is 0.829. The Morgan fingerprint density at radius 3 is 2.09 bits per heavy atom. The van der Waals surface area contributed by atoms with Gasteiger partial charge in [0.05, 0.1) is 12.2 Å². The highest BCUT2D eigenvalue weighted by Crippen LogP contribution is 2.47. The summed E-state index contributed by atoms with van der Waals surface area (Å²) in [6.45, 7) is 27.2. The first-order valence-corrected chi connectivity index (χ1v) is 23.9. The van der Waals surface area contributed by atoms with E-state index in [4.69, 9.17) is 19.3 Å². The van der Waals surface area contributed by atoms with Crippen molar-refractivity contribution < 1.29 is 23.2 Å². The van der Waals surface area contributed by atoms with Gasteiger partial charge in [-0.3, -0.25) is 9.59 Å². The highest BCUT2D eigenvalue weighted by atomic mass is 32.2. The van der Waals surface area contributed by atoms with Crippen molar-refractivity contribution in [1.29, 1.82) is 0 Å². The van der Waals surface area contributed by atoms with Gasteiger partial charge in [0.25, 0.3) is 0 Å². The summed E-state index contributed by atoms with van der Waals surface area (Å²) in [5.74, 6) is 1.25. The first-order valence-electron chi connectivity index (χ1n) is 17.1. The molecular formula is C35H67NO5SSi2. The van der Waals surface area contributed by atoms with Crippen LogP contribution in [0.3, 0.4) is 0 Å². The summed E-state index contributed by atoms with van der Waals surface area (Å²) in [5.41, 5.74) is 5.34. The van der Waals surface area contributed by atoms with Crippen LogP contribution in [0, 0.1) is 5.92 Å². The number of carbonyl (C=O) groups is 2. The molecule has 6 nitrogen and oxygen atoms in total. The summed E-state index contributed by atoms with van der Waals surface area (Å²) < 4.78 is 20.2. The van der Waals surface area contributed by atoms with Gasteiger partial charge in [-0.25, -0.2) is 0 Å². The van der Waals surface area contributed by atoms with Crippen molar-refractivity contribution in [3.63, 3.8) is 0 Å². The van der Waals surface area contributed by atoms with Gasteiger partial charge in [0, 0.05) is 30.1 Å². The highest BCUT2D eigenvalue weighted by Gasteiger charge is 2.45. The van der Waals surface area contributed by atoms with E-state index in [2.05, 4.69) is 86.8 Å². The van der Waals surface area contributed by atoms with E-state index in [1.165, 1.54) is 12.8 Å². The van der Waals surface area contributed by atoms with E-state index in [0.717, 1.165) is 54.9 Å². The molecule has 0 aromatic heterocycles. The standard InChI is InChI=1S/C35H67NO5SSi2/c1-13-15-17-21-27(40-43(9,10)34(3,4)5)23-24-28-29(41-44(11,12)35(6,7)8)26-30(39-32(38)20-14-2)33(28)42-25-19-16-18-22-31(36)37/h23-24,27-29H,13-22,25-26H2,1-12H3,(H2,36,37)/t27-,28-,29+/m0/s1. The van der Waals surface area contributed by atoms with Gasteiger partial charge in [-0.15, -0.1) is 11.8 Å². The number of ether oxygens (including phenoxy) is 1. The van der Waals surface area contributed by atoms with Crippen molar-refractivity contribution >= 4 is 40.3 Å². The predicted octanol–water partition coefficient (Wildman–Crippen LogP) is 10.3. The maximum Gasteiger partial charge on any atom is 0.310 e. The zero-order chi connectivity index (χ0) is 33.8. The Labute approximate surface area is 277 Å². The van der Waals surface area contributed by atoms with Gasteiger partial charge >= 0.3 is 5.97 Å². The van der Waals surface area contributed by atoms with Crippen LogP contribution in [-0.2, 0) is 23.2 Å². The number of carbonyl (C=O) groups excluding carboxylic acids is 2. The van der Waals surface area contributed by atoms with E-state index in [0.29, 0.717) is 19.3 Å². The molecule has 0 saturated carbocycles. The minimum Gasteiger partial charge on any atom is -0.430 e. The van der Waals surface area contributed by atoms with Crippen LogP contribution in [0.1, 0.15) is 126 Å². The first-order chi connectivity index (χ1) is 20.3. The predicted molar refractivity (Wildman–Crippen MR) is 194 cm³/mol. The van der Waals surface area contributed by atoms with Crippen LogP contribution in [0.25, 0.3) is 0 Å². The minimum atomic E-state index is -2.11. The molecule has 44 heavy (non-hydrogen) atoms. The van der Waals surface area contributed by atoms with Crippen LogP contribution in [0.4, 0.5) is 0 Å². The molecule has 1 amide bonds. The van der Waals surface area contributed by atoms with Crippen LogP contribution < -0.4 is 5.73 Å². The molecule has 256 valence electrons. The Bertz CT molecular complexity index is 965. The number of esters is 1. The Balaban J connectivity index is 3.48. The molecule has 0 saturated heterocycles. The van der Waals surface area contributed by atoms with Crippen LogP contribution in [-0.4, -0.2) is 46.5 Å². The summed E-state index contributed by atoms with van der Waals surface area (Å²) in [7, 11) is -4.09. The normalized spacial score (nSPS) is 19.2. The maximum atomic E-state index is 12.8. The molecule has 3 atom stereocenters. The fourth-order valence-electron chi connectivity index (χ4n) is 4.66. The zero-order valence-corrected chi connectivity index (χ0v) is 33.2. The SMILES string of the molecule is CCCCC[C@@H](C=C[C@@H]1C(SCCCCCC(N)=O)=C(OC(=O)CCC)C[C@H]1O[Si](C)(C)C(C)(C)C)O[Si](C)(C)C(C)(C)C. The fourth-order valence-corrected chi connectivity index (χ4v) is 8.58. The molecule has 0 bridgehead atoms. The first kappa shape index (κ1) is 41.1. The largest absolute Gasteiger partial charge is 0.430 e.